The van der Waals surface area contributed by atoms with E-state index in [0.29, 0.717) is 6.54 Å². The smallest absolute Gasteiger partial charge is 0.0914 e. The molecular formula is C18H19NOS. The van der Waals surface area contributed by atoms with Crippen molar-refractivity contribution < 1.29 is 5.11 Å². The van der Waals surface area contributed by atoms with Crippen molar-refractivity contribution in [1.29, 1.82) is 0 Å². The van der Waals surface area contributed by atoms with Crippen LogP contribution >= 0.6 is 11.3 Å². The molecule has 0 aliphatic rings. The van der Waals surface area contributed by atoms with Crippen molar-refractivity contribution in [3.8, 4) is 0 Å². The van der Waals surface area contributed by atoms with Crippen LogP contribution in [0, 0.1) is 0 Å². The van der Waals surface area contributed by atoms with Gasteiger partial charge in [-0.25, -0.2) is 0 Å². The Morgan fingerprint density at radius 1 is 1.05 bits per heavy atom. The number of aliphatic hydroxyl groups is 1. The summed E-state index contributed by atoms with van der Waals surface area (Å²) >= 11 is 1.70. The summed E-state index contributed by atoms with van der Waals surface area (Å²) < 4.78 is 0. The molecule has 0 radical (unpaired) electrons. The molecule has 0 aliphatic carbocycles. The largest absolute Gasteiger partial charge is 0.387 e. The van der Waals surface area contributed by atoms with Crippen LogP contribution in [0.5, 0.6) is 0 Å². The van der Waals surface area contributed by atoms with Crippen LogP contribution < -0.4 is 5.32 Å². The predicted octanol–water partition coefficient (Wildman–Crippen LogP) is 4.29. The molecule has 3 rings (SSSR count). The maximum Gasteiger partial charge on any atom is 0.0914 e. The Morgan fingerprint density at radius 3 is 2.62 bits per heavy atom. The van der Waals surface area contributed by atoms with Gasteiger partial charge in [0.2, 0.25) is 0 Å². The summed E-state index contributed by atoms with van der Waals surface area (Å²) in [6.07, 6.45) is -0.490. The lowest BCUT2D eigenvalue weighted by molar-refractivity contribution is 0.171. The highest BCUT2D eigenvalue weighted by Gasteiger charge is 2.11. The van der Waals surface area contributed by atoms with Crippen LogP contribution in [0.25, 0.3) is 10.8 Å². The molecule has 0 fully saturated rings. The second kappa shape index (κ2) is 6.39. The van der Waals surface area contributed by atoms with Crippen molar-refractivity contribution in [3.63, 3.8) is 0 Å². The Morgan fingerprint density at radius 2 is 1.86 bits per heavy atom. The standard InChI is InChI=1S/C18H19NOS/c1-13(17-8-9-21-12-17)19-11-18(20)16-7-6-14-4-2-3-5-15(14)10-16/h2-10,12-13,18-20H,11H2,1H3. The molecule has 0 saturated carbocycles. The normalized spacial score (nSPS) is 14.2. The van der Waals surface area contributed by atoms with Crippen molar-refractivity contribution in [1.82, 2.24) is 5.32 Å². The second-order valence-electron chi connectivity index (χ2n) is 5.31. The fourth-order valence-electron chi connectivity index (χ4n) is 2.46. The van der Waals surface area contributed by atoms with Crippen molar-refractivity contribution in [2.75, 3.05) is 6.54 Å². The molecule has 1 aromatic heterocycles. The summed E-state index contributed by atoms with van der Waals surface area (Å²) in [5.74, 6) is 0. The molecule has 3 heteroatoms. The van der Waals surface area contributed by atoms with E-state index >= 15 is 0 Å². The summed E-state index contributed by atoms with van der Waals surface area (Å²) in [7, 11) is 0. The third-order valence-corrected chi connectivity index (χ3v) is 4.52. The fraction of sp³-hybridized carbons (Fsp3) is 0.222. The highest BCUT2D eigenvalue weighted by atomic mass is 32.1. The molecule has 2 atom stereocenters. The molecule has 0 amide bonds. The Balaban J connectivity index is 1.67. The summed E-state index contributed by atoms with van der Waals surface area (Å²) in [4.78, 5) is 0. The van der Waals surface area contributed by atoms with Gasteiger partial charge in [0, 0.05) is 12.6 Å². The molecule has 0 aliphatic heterocycles. The fourth-order valence-corrected chi connectivity index (χ4v) is 3.21. The lowest BCUT2D eigenvalue weighted by Gasteiger charge is -2.17. The molecule has 108 valence electrons. The number of rotatable bonds is 5. The first kappa shape index (κ1) is 14.3. The topological polar surface area (TPSA) is 32.3 Å². The maximum atomic E-state index is 10.4. The molecule has 1 heterocycles. The third kappa shape index (κ3) is 3.32. The average Bonchev–Trinajstić information content (AvgIpc) is 3.06. The van der Waals surface area contributed by atoms with Gasteiger partial charge in [0.15, 0.2) is 0 Å². The van der Waals surface area contributed by atoms with E-state index in [1.807, 2.05) is 18.2 Å². The van der Waals surface area contributed by atoms with E-state index in [2.05, 4.69) is 53.3 Å². The van der Waals surface area contributed by atoms with Crippen LogP contribution in [0.2, 0.25) is 0 Å². The van der Waals surface area contributed by atoms with Gasteiger partial charge in [0.1, 0.15) is 0 Å². The Bertz CT molecular complexity index is 708. The van der Waals surface area contributed by atoms with Crippen molar-refractivity contribution >= 4 is 22.1 Å². The zero-order valence-electron chi connectivity index (χ0n) is 12.0. The zero-order valence-corrected chi connectivity index (χ0v) is 12.8. The first-order valence-electron chi connectivity index (χ1n) is 7.16. The minimum Gasteiger partial charge on any atom is -0.387 e. The molecule has 0 spiro atoms. The number of thiophene rings is 1. The van der Waals surface area contributed by atoms with Gasteiger partial charge < -0.3 is 10.4 Å². The number of aliphatic hydroxyl groups excluding tert-OH is 1. The number of benzene rings is 2. The van der Waals surface area contributed by atoms with Crippen LogP contribution in [0.15, 0.2) is 59.3 Å². The summed E-state index contributed by atoms with van der Waals surface area (Å²) in [6.45, 7) is 2.67. The van der Waals surface area contributed by atoms with Crippen LogP contribution in [-0.4, -0.2) is 11.7 Å². The van der Waals surface area contributed by atoms with Crippen molar-refractivity contribution in [2.45, 2.75) is 19.1 Å². The Kier molecular flexibility index (Phi) is 4.34. The van der Waals surface area contributed by atoms with E-state index in [1.54, 1.807) is 11.3 Å². The predicted molar refractivity (Wildman–Crippen MR) is 89.6 cm³/mol. The van der Waals surface area contributed by atoms with E-state index in [1.165, 1.54) is 16.3 Å². The lowest BCUT2D eigenvalue weighted by Crippen LogP contribution is -2.24. The highest BCUT2D eigenvalue weighted by Crippen LogP contribution is 2.21. The Labute approximate surface area is 129 Å². The van der Waals surface area contributed by atoms with E-state index in [0.717, 1.165) is 5.56 Å². The monoisotopic (exact) mass is 297 g/mol. The van der Waals surface area contributed by atoms with Gasteiger partial charge in [0.25, 0.3) is 0 Å². The molecule has 2 nitrogen and oxygen atoms in total. The number of nitrogens with one attached hydrogen (secondary N) is 1. The summed E-state index contributed by atoms with van der Waals surface area (Å²) in [6, 6.07) is 16.7. The zero-order chi connectivity index (χ0) is 14.7. The van der Waals surface area contributed by atoms with Crippen LogP contribution in [-0.2, 0) is 0 Å². The van der Waals surface area contributed by atoms with Gasteiger partial charge in [-0.3, -0.25) is 0 Å². The van der Waals surface area contributed by atoms with E-state index < -0.39 is 6.10 Å². The average molecular weight is 297 g/mol. The first-order chi connectivity index (χ1) is 10.2. The number of hydrogen-bond acceptors (Lipinski definition) is 3. The van der Waals surface area contributed by atoms with E-state index in [4.69, 9.17) is 0 Å². The molecular weight excluding hydrogens is 278 g/mol. The SMILES string of the molecule is CC(NCC(O)c1ccc2ccccc2c1)c1ccsc1. The maximum absolute atomic E-state index is 10.4. The summed E-state index contributed by atoms with van der Waals surface area (Å²) in [5, 5.41) is 20.3. The minimum absolute atomic E-state index is 0.256. The number of hydrogen-bond donors (Lipinski definition) is 2. The highest BCUT2D eigenvalue weighted by molar-refractivity contribution is 7.07. The quantitative estimate of drug-likeness (QED) is 0.736. The van der Waals surface area contributed by atoms with Crippen LogP contribution in [0.4, 0.5) is 0 Å². The lowest BCUT2D eigenvalue weighted by atomic mass is 10.0. The molecule has 2 N–H and O–H groups in total. The van der Waals surface area contributed by atoms with Gasteiger partial charge in [-0.1, -0.05) is 36.4 Å². The van der Waals surface area contributed by atoms with Gasteiger partial charge in [-0.15, -0.1) is 0 Å². The van der Waals surface area contributed by atoms with E-state index in [9.17, 15) is 5.11 Å². The minimum atomic E-state index is -0.490. The van der Waals surface area contributed by atoms with Gasteiger partial charge >= 0.3 is 0 Å². The van der Waals surface area contributed by atoms with Gasteiger partial charge in [-0.05, 0) is 51.7 Å². The molecule has 0 saturated heterocycles. The van der Waals surface area contributed by atoms with Crippen LogP contribution in [0.3, 0.4) is 0 Å². The molecule has 0 bridgehead atoms. The Hall–Kier alpha value is -1.68. The van der Waals surface area contributed by atoms with Gasteiger partial charge in [0.05, 0.1) is 6.10 Å². The van der Waals surface area contributed by atoms with E-state index in [-0.39, 0.29) is 6.04 Å². The van der Waals surface area contributed by atoms with Gasteiger partial charge in [-0.2, -0.15) is 11.3 Å². The van der Waals surface area contributed by atoms with Crippen LogP contribution in [0.1, 0.15) is 30.2 Å². The molecule has 3 aromatic rings. The molecule has 2 unspecified atom stereocenters. The van der Waals surface area contributed by atoms with Crippen molar-refractivity contribution in [3.05, 3.63) is 70.4 Å². The molecule has 21 heavy (non-hydrogen) atoms. The second-order valence-corrected chi connectivity index (χ2v) is 6.09. The number of fused-ring (bicyclic) bond motifs is 1. The first-order valence-corrected chi connectivity index (χ1v) is 8.10. The molecule has 2 aromatic carbocycles. The summed E-state index contributed by atoms with van der Waals surface area (Å²) in [5.41, 5.74) is 2.23. The third-order valence-electron chi connectivity index (χ3n) is 3.82. The van der Waals surface area contributed by atoms with Crippen molar-refractivity contribution in [2.24, 2.45) is 0 Å².